The molecule has 4 nitrogen and oxygen atoms in total. The lowest BCUT2D eigenvalue weighted by molar-refractivity contribution is 0.598. The molecular formula is C11H12ClIN4. The molecule has 0 saturated carbocycles. The maximum atomic E-state index is 6.14. The number of rotatable bonds is 3. The molecule has 0 bridgehead atoms. The predicted octanol–water partition coefficient (Wildman–Crippen LogP) is 2.38. The fraction of sp³-hybridized carbons (Fsp3) is 0.273. The molecule has 1 N–H and O–H groups in total. The molecule has 0 fully saturated rings. The maximum Gasteiger partial charge on any atom is 0.0798 e. The quantitative estimate of drug-likeness (QED) is 0.853. The number of hydrogen-bond donors (Lipinski definition) is 1. The third-order valence-electron chi connectivity index (χ3n) is 2.61. The molecule has 1 atom stereocenters. The lowest BCUT2D eigenvalue weighted by Crippen LogP contribution is -2.20. The van der Waals surface area contributed by atoms with E-state index in [1.54, 1.807) is 10.9 Å². The fourth-order valence-corrected chi connectivity index (χ4v) is 2.26. The fourth-order valence-electron chi connectivity index (χ4n) is 1.74. The molecule has 0 saturated heterocycles. The summed E-state index contributed by atoms with van der Waals surface area (Å²) >= 11 is 8.36. The van der Waals surface area contributed by atoms with E-state index in [9.17, 15) is 0 Å². The first-order valence-corrected chi connectivity index (χ1v) is 6.56. The van der Waals surface area contributed by atoms with Crippen molar-refractivity contribution in [3.8, 4) is 0 Å². The molecular weight excluding hydrogens is 351 g/mol. The van der Waals surface area contributed by atoms with E-state index in [0.717, 1.165) is 19.9 Å². The van der Waals surface area contributed by atoms with Crippen molar-refractivity contribution in [2.45, 2.75) is 6.04 Å². The molecule has 1 aromatic carbocycles. The number of aryl methyl sites for hydroxylation is 1. The van der Waals surface area contributed by atoms with Crippen LogP contribution in [-0.2, 0) is 7.05 Å². The molecule has 0 aliphatic heterocycles. The number of aromatic nitrogens is 3. The van der Waals surface area contributed by atoms with E-state index in [1.807, 2.05) is 26.2 Å². The van der Waals surface area contributed by atoms with E-state index in [-0.39, 0.29) is 6.04 Å². The van der Waals surface area contributed by atoms with Crippen LogP contribution in [0.2, 0.25) is 5.02 Å². The first-order chi connectivity index (χ1) is 8.13. The minimum Gasteiger partial charge on any atom is -0.308 e. The Morgan fingerprint density at radius 1 is 1.47 bits per heavy atom. The molecule has 0 aliphatic rings. The number of benzene rings is 1. The summed E-state index contributed by atoms with van der Waals surface area (Å²) < 4.78 is 2.80. The largest absolute Gasteiger partial charge is 0.308 e. The highest BCUT2D eigenvalue weighted by Gasteiger charge is 2.16. The summed E-state index contributed by atoms with van der Waals surface area (Å²) in [5.41, 5.74) is 2.10. The topological polar surface area (TPSA) is 42.7 Å². The van der Waals surface area contributed by atoms with Crippen LogP contribution in [-0.4, -0.2) is 22.0 Å². The molecule has 0 radical (unpaired) electrons. The van der Waals surface area contributed by atoms with Crippen LogP contribution in [0.25, 0.3) is 0 Å². The van der Waals surface area contributed by atoms with Crippen molar-refractivity contribution in [2.24, 2.45) is 7.05 Å². The predicted molar refractivity (Wildman–Crippen MR) is 76.1 cm³/mol. The van der Waals surface area contributed by atoms with Crippen LogP contribution >= 0.6 is 34.2 Å². The Labute approximate surface area is 118 Å². The summed E-state index contributed by atoms with van der Waals surface area (Å²) in [5.74, 6) is 0. The van der Waals surface area contributed by atoms with Gasteiger partial charge in [-0.3, -0.25) is 4.68 Å². The Balaban J connectivity index is 2.42. The Kier molecular flexibility index (Phi) is 4.01. The van der Waals surface area contributed by atoms with E-state index in [2.05, 4.69) is 44.3 Å². The second-order valence-corrected chi connectivity index (χ2v) is 5.25. The highest BCUT2D eigenvalue weighted by atomic mass is 127. The van der Waals surface area contributed by atoms with Crippen molar-refractivity contribution >= 4 is 34.2 Å². The van der Waals surface area contributed by atoms with Crippen LogP contribution in [0.15, 0.2) is 24.4 Å². The zero-order valence-corrected chi connectivity index (χ0v) is 12.4. The van der Waals surface area contributed by atoms with Gasteiger partial charge in [0.2, 0.25) is 0 Å². The second kappa shape index (κ2) is 5.32. The summed E-state index contributed by atoms with van der Waals surface area (Å²) in [7, 11) is 3.78. The van der Waals surface area contributed by atoms with E-state index < -0.39 is 0 Å². The monoisotopic (exact) mass is 362 g/mol. The van der Waals surface area contributed by atoms with Gasteiger partial charge in [-0.15, -0.1) is 5.10 Å². The average Bonchev–Trinajstić information content (AvgIpc) is 2.71. The van der Waals surface area contributed by atoms with Gasteiger partial charge in [-0.1, -0.05) is 22.9 Å². The lowest BCUT2D eigenvalue weighted by Gasteiger charge is -2.16. The Bertz CT molecular complexity index is 526. The highest BCUT2D eigenvalue weighted by molar-refractivity contribution is 14.1. The van der Waals surface area contributed by atoms with Crippen LogP contribution in [0.4, 0.5) is 0 Å². The zero-order chi connectivity index (χ0) is 12.4. The molecule has 1 unspecified atom stereocenters. The summed E-state index contributed by atoms with van der Waals surface area (Å²) in [6.07, 6.45) is 1.76. The third kappa shape index (κ3) is 2.61. The number of nitrogens with zero attached hydrogens (tertiary/aromatic N) is 3. The van der Waals surface area contributed by atoms with Crippen LogP contribution in [0.5, 0.6) is 0 Å². The Morgan fingerprint density at radius 2 is 2.24 bits per heavy atom. The number of hydrogen-bond acceptors (Lipinski definition) is 3. The molecule has 6 heteroatoms. The van der Waals surface area contributed by atoms with Gasteiger partial charge in [0.15, 0.2) is 0 Å². The van der Waals surface area contributed by atoms with E-state index >= 15 is 0 Å². The number of nitrogens with one attached hydrogen (secondary N) is 1. The molecule has 0 aliphatic carbocycles. The minimum atomic E-state index is 0.0458. The minimum absolute atomic E-state index is 0.0458. The van der Waals surface area contributed by atoms with E-state index in [4.69, 9.17) is 11.6 Å². The average molecular weight is 363 g/mol. The second-order valence-electron chi connectivity index (χ2n) is 3.68. The summed E-state index contributed by atoms with van der Waals surface area (Å²) in [6, 6.07) is 6.08. The lowest BCUT2D eigenvalue weighted by atomic mass is 10.0. The SMILES string of the molecule is CNC(c1ccc(I)c(Cl)c1)c1cnnn1C. The van der Waals surface area contributed by atoms with Crippen LogP contribution in [0.1, 0.15) is 17.3 Å². The van der Waals surface area contributed by atoms with Crippen molar-refractivity contribution < 1.29 is 0 Å². The summed E-state index contributed by atoms with van der Waals surface area (Å²) in [4.78, 5) is 0. The summed E-state index contributed by atoms with van der Waals surface area (Å²) in [6.45, 7) is 0. The van der Waals surface area contributed by atoms with Gasteiger partial charge in [0.05, 0.1) is 23.0 Å². The normalized spacial score (nSPS) is 12.7. The Hall–Kier alpha value is -0.660. The van der Waals surface area contributed by atoms with Gasteiger partial charge >= 0.3 is 0 Å². The van der Waals surface area contributed by atoms with Crippen LogP contribution < -0.4 is 5.32 Å². The van der Waals surface area contributed by atoms with Gasteiger partial charge in [-0.25, -0.2) is 0 Å². The van der Waals surface area contributed by atoms with Crippen molar-refractivity contribution in [1.29, 1.82) is 0 Å². The molecule has 2 aromatic rings. The first kappa shape index (κ1) is 12.8. The molecule has 90 valence electrons. The molecule has 1 heterocycles. The van der Waals surface area contributed by atoms with Gasteiger partial charge in [-0.2, -0.15) is 0 Å². The summed E-state index contributed by atoms with van der Waals surface area (Å²) in [5, 5.41) is 11.8. The van der Waals surface area contributed by atoms with E-state index in [0.29, 0.717) is 0 Å². The van der Waals surface area contributed by atoms with Crippen LogP contribution in [0, 0.1) is 3.57 Å². The highest BCUT2D eigenvalue weighted by Crippen LogP contribution is 2.26. The van der Waals surface area contributed by atoms with Crippen molar-refractivity contribution in [3.63, 3.8) is 0 Å². The van der Waals surface area contributed by atoms with Crippen molar-refractivity contribution in [1.82, 2.24) is 20.3 Å². The van der Waals surface area contributed by atoms with Crippen molar-refractivity contribution in [2.75, 3.05) is 7.05 Å². The van der Waals surface area contributed by atoms with Gasteiger partial charge < -0.3 is 5.32 Å². The molecule has 0 spiro atoms. The molecule has 0 amide bonds. The van der Waals surface area contributed by atoms with Gasteiger partial charge in [0, 0.05) is 10.6 Å². The maximum absolute atomic E-state index is 6.14. The van der Waals surface area contributed by atoms with E-state index in [1.165, 1.54) is 0 Å². The van der Waals surface area contributed by atoms with Crippen LogP contribution in [0.3, 0.4) is 0 Å². The molecule has 1 aromatic heterocycles. The number of halogens is 2. The zero-order valence-electron chi connectivity index (χ0n) is 9.48. The molecule has 2 rings (SSSR count). The first-order valence-electron chi connectivity index (χ1n) is 5.10. The Morgan fingerprint density at radius 3 is 2.76 bits per heavy atom. The van der Waals surface area contributed by atoms with Gasteiger partial charge in [-0.05, 0) is 47.3 Å². The smallest absolute Gasteiger partial charge is 0.0798 e. The van der Waals surface area contributed by atoms with Gasteiger partial charge in [0.1, 0.15) is 0 Å². The third-order valence-corrected chi connectivity index (χ3v) is 4.18. The standard InChI is InChI=1S/C11H12ClIN4/c1-14-11(10-6-15-16-17(10)2)7-3-4-9(13)8(12)5-7/h3-6,11,14H,1-2H3. The molecule has 17 heavy (non-hydrogen) atoms. The van der Waals surface area contributed by atoms with Crippen molar-refractivity contribution in [3.05, 3.63) is 44.2 Å². The van der Waals surface area contributed by atoms with Gasteiger partial charge in [0.25, 0.3) is 0 Å².